The summed E-state index contributed by atoms with van der Waals surface area (Å²) < 4.78 is 23.5. The van der Waals surface area contributed by atoms with Gasteiger partial charge in [0.25, 0.3) is 0 Å². The molecule has 0 aliphatic carbocycles. The van der Waals surface area contributed by atoms with Crippen LogP contribution in [-0.4, -0.2) is 99.4 Å². The zero-order valence-electron chi connectivity index (χ0n) is 18.9. The van der Waals surface area contributed by atoms with Gasteiger partial charge in [-0.05, 0) is 47.5 Å². The van der Waals surface area contributed by atoms with Gasteiger partial charge in [-0.25, -0.2) is 0 Å². The maximum absolute atomic E-state index is 6.17. The molecule has 0 aromatic rings. The molecular formula is C22H44N2O4. The lowest BCUT2D eigenvalue weighted by Gasteiger charge is -2.37. The average Bonchev–Trinajstić information content (AvgIpc) is 2.62. The highest BCUT2D eigenvalue weighted by Gasteiger charge is 2.26. The maximum atomic E-state index is 6.17. The SMILES string of the molecule is CC(C)OCCCN1CC(C)OC(C[C@H](C)OCCCN2CCO[C@H](C)C2)C1. The van der Waals surface area contributed by atoms with Gasteiger partial charge in [0.15, 0.2) is 0 Å². The number of hydrogen-bond donors (Lipinski definition) is 0. The largest absolute Gasteiger partial charge is 0.379 e. The fourth-order valence-electron chi connectivity index (χ4n) is 4.17. The molecule has 2 fully saturated rings. The van der Waals surface area contributed by atoms with Crippen molar-refractivity contribution in [1.29, 1.82) is 0 Å². The van der Waals surface area contributed by atoms with Crippen molar-refractivity contribution < 1.29 is 18.9 Å². The molecule has 2 saturated heterocycles. The van der Waals surface area contributed by atoms with Crippen molar-refractivity contribution in [3.05, 3.63) is 0 Å². The van der Waals surface area contributed by atoms with Gasteiger partial charge in [0, 0.05) is 58.9 Å². The van der Waals surface area contributed by atoms with Crippen molar-refractivity contribution >= 4 is 0 Å². The first-order valence-corrected chi connectivity index (χ1v) is 11.4. The summed E-state index contributed by atoms with van der Waals surface area (Å²) in [5.74, 6) is 0. The quantitative estimate of drug-likeness (QED) is 0.469. The predicted octanol–water partition coefficient (Wildman–Crippen LogP) is 2.80. The van der Waals surface area contributed by atoms with Crippen LogP contribution in [0.15, 0.2) is 0 Å². The van der Waals surface area contributed by atoms with E-state index in [0.29, 0.717) is 18.3 Å². The monoisotopic (exact) mass is 400 g/mol. The van der Waals surface area contributed by atoms with Crippen LogP contribution in [0, 0.1) is 0 Å². The fourth-order valence-corrected chi connectivity index (χ4v) is 4.17. The molecule has 2 unspecified atom stereocenters. The van der Waals surface area contributed by atoms with E-state index in [-0.39, 0.29) is 12.2 Å². The molecule has 28 heavy (non-hydrogen) atoms. The van der Waals surface area contributed by atoms with E-state index in [1.54, 1.807) is 0 Å². The van der Waals surface area contributed by atoms with E-state index >= 15 is 0 Å². The Morgan fingerprint density at radius 2 is 1.57 bits per heavy atom. The van der Waals surface area contributed by atoms with Crippen LogP contribution in [0.1, 0.15) is 53.9 Å². The Bertz CT molecular complexity index is 410. The Balaban J connectivity index is 1.57. The minimum Gasteiger partial charge on any atom is -0.379 e. The van der Waals surface area contributed by atoms with Crippen LogP contribution < -0.4 is 0 Å². The van der Waals surface area contributed by atoms with E-state index in [1.807, 2.05) is 0 Å². The first-order valence-electron chi connectivity index (χ1n) is 11.4. The summed E-state index contributed by atoms with van der Waals surface area (Å²) >= 11 is 0. The van der Waals surface area contributed by atoms with Gasteiger partial charge < -0.3 is 18.9 Å². The van der Waals surface area contributed by atoms with Gasteiger partial charge in [-0.3, -0.25) is 9.80 Å². The summed E-state index contributed by atoms with van der Waals surface area (Å²) in [6, 6.07) is 0. The molecule has 0 amide bonds. The number of hydrogen-bond acceptors (Lipinski definition) is 6. The Hall–Kier alpha value is -0.240. The van der Waals surface area contributed by atoms with Gasteiger partial charge in [-0.1, -0.05) is 0 Å². The minimum absolute atomic E-state index is 0.241. The maximum Gasteiger partial charge on any atom is 0.0730 e. The van der Waals surface area contributed by atoms with Crippen molar-refractivity contribution in [2.24, 2.45) is 0 Å². The van der Waals surface area contributed by atoms with E-state index < -0.39 is 0 Å². The molecule has 166 valence electrons. The molecule has 2 aliphatic rings. The minimum atomic E-state index is 0.241. The third-order valence-corrected chi connectivity index (χ3v) is 5.41. The molecule has 6 nitrogen and oxygen atoms in total. The van der Waals surface area contributed by atoms with Crippen LogP contribution >= 0.6 is 0 Å². The summed E-state index contributed by atoms with van der Waals surface area (Å²) in [5.41, 5.74) is 0. The van der Waals surface area contributed by atoms with Crippen LogP contribution in [0.2, 0.25) is 0 Å². The van der Waals surface area contributed by atoms with Crippen molar-refractivity contribution in [1.82, 2.24) is 9.80 Å². The highest BCUT2D eigenvalue weighted by molar-refractivity contribution is 4.77. The van der Waals surface area contributed by atoms with Crippen molar-refractivity contribution in [2.45, 2.75) is 84.4 Å². The normalized spacial score (nSPS) is 28.7. The second kappa shape index (κ2) is 13.1. The van der Waals surface area contributed by atoms with Crippen LogP contribution in [0.4, 0.5) is 0 Å². The summed E-state index contributed by atoms with van der Waals surface area (Å²) in [4.78, 5) is 5.00. The Labute approximate surface area is 172 Å². The van der Waals surface area contributed by atoms with Gasteiger partial charge in [-0.2, -0.15) is 0 Å². The highest BCUT2D eigenvalue weighted by Crippen LogP contribution is 2.17. The van der Waals surface area contributed by atoms with Crippen LogP contribution in [-0.2, 0) is 18.9 Å². The van der Waals surface area contributed by atoms with Gasteiger partial charge in [-0.15, -0.1) is 0 Å². The van der Waals surface area contributed by atoms with Gasteiger partial charge in [0.1, 0.15) is 0 Å². The Morgan fingerprint density at radius 1 is 0.893 bits per heavy atom. The van der Waals surface area contributed by atoms with Gasteiger partial charge in [0.05, 0.1) is 37.1 Å². The molecule has 4 atom stereocenters. The molecular weight excluding hydrogens is 356 g/mol. The third kappa shape index (κ3) is 9.99. The van der Waals surface area contributed by atoms with E-state index in [1.165, 1.54) is 0 Å². The van der Waals surface area contributed by atoms with E-state index in [9.17, 15) is 0 Å². The zero-order chi connectivity index (χ0) is 20.4. The second-order valence-corrected chi connectivity index (χ2v) is 8.85. The van der Waals surface area contributed by atoms with E-state index in [2.05, 4.69) is 44.4 Å². The molecule has 0 aromatic carbocycles. The summed E-state index contributed by atoms with van der Waals surface area (Å²) in [5, 5.41) is 0. The Kier molecular flexibility index (Phi) is 11.3. The molecule has 0 saturated carbocycles. The lowest BCUT2D eigenvalue weighted by molar-refractivity contribution is -0.0985. The first kappa shape index (κ1) is 24.0. The number of nitrogens with zero attached hydrogens (tertiary/aromatic N) is 2. The van der Waals surface area contributed by atoms with E-state index in [0.717, 1.165) is 78.4 Å². The number of ether oxygens (including phenoxy) is 4. The predicted molar refractivity (Wildman–Crippen MR) is 113 cm³/mol. The van der Waals surface area contributed by atoms with Crippen LogP contribution in [0.3, 0.4) is 0 Å². The molecule has 0 N–H and O–H groups in total. The molecule has 0 bridgehead atoms. The third-order valence-electron chi connectivity index (χ3n) is 5.41. The second-order valence-electron chi connectivity index (χ2n) is 8.85. The van der Waals surface area contributed by atoms with Crippen molar-refractivity contribution in [2.75, 3.05) is 59.1 Å². The summed E-state index contributed by atoms with van der Waals surface area (Å²) in [6.07, 6.45) is 4.62. The molecule has 2 rings (SSSR count). The van der Waals surface area contributed by atoms with E-state index in [4.69, 9.17) is 18.9 Å². The average molecular weight is 401 g/mol. The molecule has 0 aromatic heterocycles. The van der Waals surface area contributed by atoms with Crippen molar-refractivity contribution in [3.8, 4) is 0 Å². The molecule has 0 radical (unpaired) electrons. The molecule has 0 spiro atoms. The highest BCUT2D eigenvalue weighted by atomic mass is 16.5. The lowest BCUT2D eigenvalue weighted by Crippen LogP contribution is -2.48. The van der Waals surface area contributed by atoms with Crippen LogP contribution in [0.25, 0.3) is 0 Å². The van der Waals surface area contributed by atoms with Gasteiger partial charge in [0.2, 0.25) is 0 Å². The topological polar surface area (TPSA) is 43.4 Å². The lowest BCUT2D eigenvalue weighted by atomic mass is 10.1. The standard InChI is InChI=1S/C22H44N2O4/c1-18(2)25-11-7-9-24-16-21(5)28-22(17-24)14-19(3)26-12-6-8-23-10-13-27-20(4)15-23/h18-22H,6-17H2,1-5H3/t19-,20+,21?,22?/m0/s1. The smallest absolute Gasteiger partial charge is 0.0730 e. The van der Waals surface area contributed by atoms with Crippen LogP contribution in [0.5, 0.6) is 0 Å². The fraction of sp³-hybridized carbons (Fsp3) is 1.00. The molecule has 2 aliphatic heterocycles. The number of rotatable bonds is 12. The summed E-state index contributed by atoms with van der Waals surface area (Å²) in [6.45, 7) is 19.5. The Morgan fingerprint density at radius 3 is 2.29 bits per heavy atom. The molecule has 2 heterocycles. The zero-order valence-corrected chi connectivity index (χ0v) is 18.9. The van der Waals surface area contributed by atoms with Crippen molar-refractivity contribution in [3.63, 3.8) is 0 Å². The summed E-state index contributed by atoms with van der Waals surface area (Å²) in [7, 11) is 0. The first-order chi connectivity index (χ1) is 13.4. The van der Waals surface area contributed by atoms with Gasteiger partial charge >= 0.3 is 0 Å². The number of morpholine rings is 2. The molecule has 6 heteroatoms.